The summed E-state index contributed by atoms with van der Waals surface area (Å²) in [4.78, 5) is 4.69. The van der Waals surface area contributed by atoms with E-state index >= 15 is 0 Å². The first-order valence-electron chi connectivity index (χ1n) is 3.70. The van der Waals surface area contributed by atoms with Crippen molar-refractivity contribution in [2.75, 3.05) is 0 Å². The maximum Gasteiger partial charge on any atom is 0.133 e. The number of thiazole rings is 1. The third-order valence-electron chi connectivity index (χ3n) is 1.75. The van der Waals surface area contributed by atoms with Crippen molar-refractivity contribution in [2.24, 2.45) is 7.05 Å². The van der Waals surface area contributed by atoms with Gasteiger partial charge in [0, 0.05) is 13.2 Å². The first-order chi connectivity index (χ1) is 6.29. The second-order valence-electron chi connectivity index (χ2n) is 2.59. The second kappa shape index (κ2) is 3.23. The molecular weight excluding hydrogens is 188 g/mol. The normalized spacial score (nSPS) is 13.1. The minimum Gasteiger partial charge on any atom is -0.381 e. The fourth-order valence-corrected chi connectivity index (χ4v) is 1.67. The largest absolute Gasteiger partial charge is 0.381 e. The van der Waals surface area contributed by atoms with Gasteiger partial charge in [0.05, 0.1) is 22.3 Å². The molecule has 0 fully saturated rings. The number of hydrogen-bond donors (Lipinski definition) is 1. The molecule has 0 aliphatic rings. The van der Waals surface area contributed by atoms with Gasteiger partial charge < -0.3 is 5.11 Å². The number of aliphatic hydroxyl groups is 1. The van der Waals surface area contributed by atoms with Crippen LogP contribution >= 0.6 is 11.3 Å². The maximum atomic E-state index is 9.82. The third kappa shape index (κ3) is 1.45. The zero-order valence-electron chi connectivity index (χ0n) is 6.95. The van der Waals surface area contributed by atoms with Gasteiger partial charge in [-0.25, -0.2) is 4.68 Å². The lowest BCUT2D eigenvalue weighted by atomic mass is 10.2. The molecule has 1 N–H and O–H groups in total. The van der Waals surface area contributed by atoms with Gasteiger partial charge in [-0.15, -0.1) is 16.4 Å². The highest BCUT2D eigenvalue weighted by atomic mass is 32.1. The van der Waals surface area contributed by atoms with Gasteiger partial charge in [0.15, 0.2) is 0 Å². The fourth-order valence-electron chi connectivity index (χ4n) is 1.05. The predicted molar refractivity (Wildman–Crippen MR) is 47.2 cm³/mol. The molecule has 2 aromatic heterocycles. The van der Waals surface area contributed by atoms with Crippen LogP contribution in [0.25, 0.3) is 0 Å². The zero-order chi connectivity index (χ0) is 9.26. The van der Waals surface area contributed by atoms with Crippen molar-refractivity contribution in [3.63, 3.8) is 0 Å². The average Bonchev–Trinajstić information content (AvgIpc) is 2.72. The second-order valence-corrected chi connectivity index (χ2v) is 3.51. The Hall–Kier alpha value is -1.27. The fraction of sp³-hybridized carbons (Fsp3) is 0.286. The highest BCUT2D eigenvalue weighted by molar-refractivity contribution is 7.09. The Bertz CT molecular complexity index is 383. The monoisotopic (exact) mass is 196 g/mol. The number of rotatable bonds is 2. The van der Waals surface area contributed by atoms with Crippen LogP contribution in [0.15, 0.2) is 17.9 Å². The molecule has 0 bridgehead atoms. The van der Waals surface area contributed by atoms with Crippen LogP contribution in [0, 0.1) is 0 Å². The van der Waals surface area contributed by atoms with E-state index in [9.17, 15) is 5.11 Å². The summed E-state index contributed by atoms with van der Waals surface area (Å²) in [6.07, 6.45) is 2.51. The van der Waals surface area contributed by atoms with Crippen molar-refractivity contribution in [1.82, 2.24) is 20.0 Å². The van der Waals surface area contributed by atoms with E-state index in [-0.39, 0.29) is 0 Å². The molecule has 2 aromatic rings. The number of nitrogens with zero attached hydrogens (tertiary/aromatic N) is 4. The zero-order valence-corrected chi connectivity index (χ0v) is 7.77. The lowest BCUT2D eigenvalue weighted by Crippen LogP contribution is -2.04. The first kappa shape index (κ1) is 8.33. The molecular formula is C7H8N4OS. The Kier molecular flexibility index (Phi) is 2.07. The van der Waals surface area contributed by atoms with E-state index in [4.69, 9.17) is 0 Å². The van der Waals surface area contributed by atoms with E-state index in [0.717, 1.165) is 4.88 Å². The van der Waals surface area contributed by atoms with Crippen LogP contribution in [0.1, 0.15) is 16.7 Å². The van der Waals surface area contributed by atoms with Crippen LogP contribution in [0.4, 0.5) is 0 Å². The van der Waals surface area contributed by atoms with E-state index in [1.54, 1.807) is 29.6 Å². The standard InChI is InChI=1S/C7H8N4OS/c1-11-5(2-9-10-11)7(12)6-3-8-4-13-6/h2-4,7,12H,1H3. The summed E-state index contributed by atoms with van der Waals surface area (Å²) < 4.78 is 1.55. The van der Waals surface area contributed by atoms with Gasteiger partial charge in [-0.1, -0.05) is 5.21 Å². The lowest BCUT2D eigenvalue weighted by molar-refractivity contribution is 0.213. The molecule has 0 aliphatic heterocycles. The van der Waals surface area contributed by atoms with Gasteiger partial charge in [-0.05, 0) is 0 Å². The van der Waals surface area contributed by atoms with Crippen LogP contribution in [-0.2, 0) is 7.05 Å². The summed E-state index contributed by atoms with van der Waals surface area (Å²) in [5.41, 5.74) is 2.35. The summed E-state index contributed by atoms with van der Waals surface area (Å²) in [6.45, 7) is 0. The molecule has 5 nitrogen and oxygen atoms in total. The molecule has 13 heavy (non-hydrogen) atoms. The van der Waals surface area contributed by atoms with Gasteiger partial charge >= 0.3 is 0 Å². The number of aryl methyl sites for hydroxylation is 1. The van der Waals surface area contributed by atoms with Crippen molar-refractivity contribution < 1.29 is 5.11 Å². The molecule has 0 radical (unpaired) electrons. The summed E-state index contributed by atoms with van der Waals surface area (Å²) >= 11 is 1.41. The van der Waals surface area contributed by atoms with E-state index in [1.165, 1.54) is 11.3 Å². The summed E-state index contributed by atoms with van der Waals surface area (Å²) in [5.74, 6) is 0. The van der Waals surface area contributed by atoms with Crippen LogP contribution in [0.5, 0.6) is 0 Å². The Morgan fingerprint density at radius 1 is 1.54 bits per heavy atom. The smallest absolute Gasteiger partial charge is 0.133 e. The Labute approximate surface area is 78.7 Å². The Balaban J connectivity index is 2.33. The van der Waals surface area contributed by atoms with E-state index in [1.807, 2.05) is 0 Å². The van der Waals surface area contributed by atoms with Crippen molar-refractivity contribution in [3.8, 4) is 0 Å². The van der Waals surface area contributed by atoms with Gasteiger partial charge in [-0.3, -0.25) is 4.98 Å². The molecule has 0 spiro atoms. The quantitative estimate of drug-likeness (QED) is 0.753. The van der Waals surface area contributed by atoms with Crippen molar-refractivity contribution in [1.29, 1.82) is 0 Å². The van der Waals surface area contributed by atoms with Gasteiger partial charge in [0.2, 0.25) is 0 Å². The molecule has 1 unspecified atom stereocenters. The molecule has 1 atom stereocenters. The predicted octanol–water partition coefficient (Wildman–Crippen LogP) is 0.353. The minimum absolute atomic E-state index is 0.671. The average molecular weight is 196 g/mol. The number of hydrogen-bond acceptors (Lipinski definition) is 5. The van der Waals surface area contributed by atoms with Gasteiger partial charge in [0.25, 0.3) is 0 Å². The number of aromatic nitrogens is 4. The Morgan fingerprint density at radius 3 is 2.92 bits per heavy atom. The van der Waals surface area contributed by atoms with Crippen LogP contribution in [0.3, 0.4) is 0 Å². The van der Waals surface area contributed by atoms with Crippen molar-refractivity contribution >= 4 is 11.3 Å². The molecule has 2 rings (SSSR count). The molecule has 0 saturated heterocycles. The summed E-state index contributed by atoms with van der Waals surface area (Å²) in [7, 11) is 1.74. The van der Waals surface area contributed by atoms with Crippen LogP contribution in [0.2, 0.25) is 0 Å². The molecule has 0 aromatic carbocycles. The van der Waals surface area contributed by atoms with Crippen LogP contribution < -0.4 is 0 Å². The highest BCUT2D eigenvalue weighted by Gasteiger charge is 2.15. The van der Waals surface area contributed by atoms with Crippen molar-refractivity contribution in [2.45, 2.75) is 6.10 Å². The SMILES string of the molecule is Cn1nncc1C(O)c1cncs1. The number of aliphatic hydroxyl groups excluding tert-OH is 1. The minimum atomic E-state index is -0.674. The van der Waals surface area contributed by atoms with Gasteiger partial charge in [0.1, 0.15) is 6.10 Å². The van der Waals surface area contributed by atoms with Crippen molar-refractivity contribution in [3.05, 3.63) is 28.5 Å². The maximum absolute atomic E-state index is 9.82. The highest BCUT2D eigenvalue weighted by Crippen LogP contribution is 2.22. The third-order valence-corrected chi connectivity index (χ3v) is 2.58. The molecule has 0 amide bonds. The topological polar surface area (TPSA) is 63.8 Å². The molecule has 2 heterocycles. The Morgan fingerprint density at radius 2 is 2.38 bits per heavy atom. The molecule has 68 valence electrons. The molecule has 0 aliphatic carbocycles. The van der Waals surface area contributed by atoms with E-state index in [2.05, 4.69) is 15.3 Å². The lowest BCUT2D eigenvalue weighted by Gasteiger charge is -2.06. The molecule has 6 heteroatoms. The summed E-state index contributed by atoms with van der Waals surface area (Å²) in [5, 5.41) is 17.2. The van der Waals surface area contributed by atoms with E-state index in [0.29, 0.717) is 5.69 Å². The molecule has 0 saturated carbocycles. The van der Waals surface area contributed by atoms with Crippen LogP contribution in [-0.4, -0.2) is 25.1 Å². The van der Waals surface area contributed by atoms with E-state index < -0.39 is 6.10 Å². The van der Waals surface area contributed by atoms with Gasteiger partial charge in [-0.2, -0.15) is 0 Å². The summed E-state index contributed by atoms with van der Waals surface area (Å²) in [6, 6.07) is 0. The first-order valence-corrected chi connectivity index (χ1v) is 4.58.